The summed E-state index contributed by atoms with van der Waals surface area (Å²) in [4.78, 5) is 15.6. The molecule has 2 aromatic rings. The van der Waals surface area contributed by atoms with Gasteiger partial charge in [-0.25, -0.2) is 9.79 Å². The summed E-state index contributed by atoms with van der Waals surface area (Å²) in [7, 11) is 0. The maximum Gasteiger partial charge on any atom is 0.419 e. The average molecular weight is 254 g/mol. The minimum absolute atomic E-state index is 0.165. The number of halogens is 1. The first-order valence-electron chi connectivity index (χ1n) is 5.18. The lowest BCUT2D eigenvalue weighted by Crippen LogP contribution is -2.12. The van der Waals surface area contributed by atoms with E-state index in [9.17, 15) is 4.79 Å². The van der Waals surface area contributed by atoms with Gasteiger partial charge in [-0.2, -0.15) is 0 Å². The molecule has 1 heterocycles. The topological polar surface area (TPSA) is 73.5 Å². The molecule has 0 fully saturated rings. The van der Waals surface area contributed by atoms with Crippen LogP contribution in [-0.4, -0.2) is 16.3 Å². The van der Waals surface area contributed by atoms with E-state index in [0.717, 1.165) is 5.52 Å². The van der Waals surface area contributed by atoms with Gasteiger partial charge in [0, 0.05) is 12.6 Å². The van der Waals surface area contributed by atoms with Gasteiger partial charge in [-0.05, 0) is 19.1 Å². The average Bonchev–Trinajstić information content (AvgIpc) is 2.63. The van der Waals surface area contributed by atoms with Gasteiger partial charge in [-0.15, -0.1) is 11.6 Å². The number of hydrogen-bond acceptors (Lipinski definition) is 3. The van der Waals surface area contributed by atoms with Gasteiger partial charge in [0.15, 0.2) is 5.58 Å². The van der Waals surface area contributed by atoms with Crippen molar-refractivity contribution in [1.82, 2.24) is 4.57 Å². The highest BCUT2D eigenvalue weighted by Crippen LogP contribution is 2.20. The van der Waals surface area contributed by atoms with E-state index in [0.29, 0.717) is 23.7 Å². The number of aryl methyl sites for hydroxylation is 1. The number of amidine groups is 1. The van der Waals surface area contributed by atoms with Crippen LogP contribution in [-0.2, 0) is 6.54 Å². The molecule has 0 unspecified atom stereocenters. The second-order valence-electron chi connectivity index (χ2n) is 3.50. The molecule has 2 N–H and O–H groups in total. The van der Waals surface area contributed by atoms with E-state index in [4.69, 9.17) is 21.8 Å². The number of oxazole rings is 1. The predicted molar refractivity (Wildman–Crippen MR) is 68.2 cm³/mol. The van der Waals surface area contributed by atoms with Gasteiger partial charge in [0.05, 0.1) is 17.1 Å². The van der Waals surface area contributed by atoms with E-state index in [1.807, 2.05) is 6.92 Å². The van der Waals surface area contributed by atoms with Crippen LogP contribution in [0.3, 0.4) is 0 Å². The quantitative estimate of drug-likeness (QED) is 0.515. The van der Waals surface area contributed by atoms with Crippen molar-refractivity contribution in [2.75, 3.05) is 5.88 Å². The van der Waals surface area contributed by atoms with Gasteiger partial charge < -0.3 is 10.2 Å². The number of nitrogens with two attached hydrogens (primary N) is 1. The fourth-order valence-electron chi connectivity index (χ4n) is 1.62. The zero-order chi connectivity index (χ0) is 12.4. The van der Waals surface area contributed by atoms with E-state index in [2.05, 4.69) is 4.99 Å². The molecular weight excluding hydrogens is 242 g/mol. The largest absolute Gasteiger partial charge is 0.419 e. The van der Waals surface area contributed by atoms with Crippen molar-refractivity contribution in [2.45, 2.75) is 13.5 Å². The third-order valence-corrected chi connectivity index (χ3v) is 2.65. The maximum absolute atomic E-state index is 11.5. The second kappa shape index (κ2) is 4.63. The molecule has 0 saturated carbocycles. The summed E-state index contributed by atoms with van der Waals surface area (Å²) in [6.07, 6.45) is 0. The third kappa shape index (κ3) is 2.19. The summed E-state index contributed by atoms with van der Waals surface area (Å²) in [6, 6.07) is 5.22. The Morgan fingerprint density at radius 1 is 1.59 bits per heavy atom. The summed E-state index contributed by atoms with van der Waals surface area (Å²) in [6.45, 7) is 2.45. The summed E-state index contributed by atoms with van der Waals surface area (Å²) in [5.41, 5.74) is 7.40. The molecule has 0 aliphatic rings. The van der Waals surface area contributed by atoms with Crippen LogP contribution in [0, 0.1) is 0 Å². The van der Waals surface area contributed by atoms with Gasteiger partial charge in [0.1, 0.15) is 5.84 Å². The first kappa shape index (κ1) is 11.7. The lowest BCUT2D eigenvalue weighted by molar-refractivity contribution is 0.513. The van der Waals surface area contributed by atoms with Crippen molar-refractivity contribution in [3.63, 3.8) is 0 Å². The predicted octanol–water partition coefficient (Wildman–Crippen LogP) is 1.84. The molecule has 0 amide bonds. The van der Waals surface area contributed by atoms with Crippen molar-refractivity contribution in [2.24, 2.45) is 10.7 Å². The first-order valence-corrected chi connectivity index (χ1v) is 5.71. The van der Waals surface area contributed by atoms with Crippen LogP contribution in [0.4, 0.5) is 5.69 Å². The lowest BCUT2D eigenvalue weighted by Gasteiger charge is -1.98. The molecule has 0 radical (unpaired) electrons. The Morgan fingerprint density at radius 2 is 2.35 bits per heavy atom. The van der Waals surface area contributed by atoms with Crippen molar-refractivity contribution in [3.05, 3.63) is 28.7 Å². The minimum atomic E-state index is -0.367. The number of nitrogens with zero attached hydrogens (tertiary/aromatic N) is 2. The summed E-state index contributed by atoms with van der Waals surface area (Å²) >= 11 is 5.54. The Bertz CT molecular complexity index is 627. The Hall–Kier alpha value is -1.75. The third-order valence-electron chi connectivity index (χ3n) is 2.38. The highest BCUT2D eigenvalue weighted by atomic mass is 35.5. The lowest BCUT2D eigenvalue weighted by atomic mass is 10.3. The number of alkyl halides is 1. The van der Waals surface area contributed by atoms with Crippen LogP contribution in [0.1, 0.15) is 6.92 Å². The number of aromatic nitrogens is 1. The molecule has 0 saturated heterocycles. The standard InChI is InChI=1S/C11H12ClN3O2/c1-2-15-8-4-3-7(14-10(13)6-12)5-9(8)17-11(15)16/h3-5H,2,6H2,1H3,(H2,13,14). The van der Waals surface area contributed by atoms with Crippen LogP contribution in [0.25, 0.3) is 11.1 Å². The molecule has 0 aliphatic carbocycles. The Labute approximate surface area is 102 Å². The molecular formula is C11H12ClN3O2. The summed E-state index contributed by atoms with van der Waals surface area (Å²) in [5.74, 6) is 0.120. The number of benzene rings is 1. The fourth-order valence-corrected chi connectivity index (χ4v) is 1.68. The van der Waals surface area contributed by atoms with Crippen LogP contribution < -0.4 is 11.5 Å². The zero-order valence-corrected chi connectivity index (χ0v) is 10.1. The van der Waals surface area contributed by atoms with Crippen LogP contribution in [0.15, 0.2) is 32.4 Å². The molecule has 17 heavy (non-hydrogen) atoms. The zero-order valence-electron chi connectivity index (χ0n) is 9.31. The second-order valence-corrected chi connectivity index (χ2v) is 3.77. The van der Waals surface area contributed by atoms with Crippen LogP contribution in [0.5, 0.6) is 0 Å². The minimum Gasteiger partial charge on any atom is -0.408 e. The van der Waals surface area contributed by atoms with Crippen LogP contribution in [0.2, 0.25) is 0 Å². The molecule has 90 valence electrons. The summed E-state index contributed by atoms with van der Waals surface area (Å²) < 4.78 is 6.66. The number of aliphatic imine (C=N–C) groups is 1. The molecule has 0 bridgehead atoms. The van der Waals surface area contributed by atoms with E-state index in [1.54, 1.807) is 22.8 Å². The van der Waals surface area contributed by atoms with Gasteiger partial charge >= 0.3 is 5.76 Å². The number of rotatable bonds is 3. The van der Waals surface area contributed by atoms with Crippen molar-refractivity contribution in [1.29, 1.82) is 0 Å². The normalized spacial score (nSPS) is 12.2. The van der Waals surface area contributed by atoms with E-state index < -0.39 is 0 Å². The van der Waals surface area contributed by atoms with Gasteiger partial charge in [-0.3, -0.25) is 4.57 Å². The van der Waals surface area contributed by atoms with E-state index in [1.165, 1.54) is 0 Å². The molecule has 1 aromatic carbocycles. The van der Waals surface area contributed by atoms with Crippen molar-refractivity contribution < 1.29 is 4.42 Å². The Morgan fingerprint density at radius 3 is 3.00 bits per heavy atom. The smallest absolute Gasteiger partial charge is 0.408 e. The molecule has 1 aromatic heterocycles. The fraction of sp³-hybridized carbons (Fsp3) is 0.273. The Kier molecular flexibility index (Phi) is 3.19. The highest BCUT2D eigenvalue weighted by molar-refractivity contribution is 6.28. The number of fused-ring (bicyclic) bond motifs is 1. The Balaban J connectivity index is 2.56. The van der Waals surface area contributed by atoms with Crippen molar-refractivity contribution >= 4 is 34.2 Å². The molecule has 0 atom stereocenters. The molecule has 6 heteroatoms. The van der Waals surface area contributed by atoms with Crippen LogP contribution >= 0.6 is 11.6 Å². The highest BCUT2D eigenvalue weighted by Gasteiger charge is 2.07. The summed E-state index contributed by atoms with van der Waals surface area (Å²) in [5, 5.41) is 0. The number of hydrogen-bond donors (Lipinski definition) is 1. The van der Waals surface area contributed by atoms with Crippen molar-refractivity contribution in [3.8, 4) is 0 Å². The molecule has 2 rings (SSSR count). The first-order chi connectivity index (χ1) is 8.15. The molecule has 5 nitrogen and oxygen atoms in total. The van der Waals surface area contributed by atoms with Gasteiger partial charge in [0.2, 0.25) is 0 Å². The van der Waals surface area contributed by atoms with E-state index >= 15 is 0 Å². The molecule has 0 spiro atoms. The monoisotopic (exact) mass is 253 g/mol. The SMILES string of the molecule is CCn1c(=O)oc2cc(N=C(N)CCl)ccc21. The molecule has 0 aliphatic heterocycles. The van der Waals surface area contributed by atoms with Gasteiger partial charge in [0.25, 0.3) is 0 Å². The maximum atomic E-state index is 11.5. The van der Waals surface area contributed by atoms with Gasteiger partial charge in [-0.1, -0.05) is 0 Å². The van der Waals surface area contributed by atoms with E-state index in [-0.39, 0.29) is 11.6 Å².